The Hall–Kier alpha value is -2.57. The van der Waals surface area contributed by atoms with E-state index in [4.69, 9.17) is 4.74 Å². The summed E-state index contributed by atoms with van der Waals surface area (Å²) in [5.74, 6) is -1.87. The lowest BCUT2D eigenvalue weighted by molar-refractivity contribution is -0.153. The van der Waals surface area contributed by atoms with Crippen LogP contribution < -0.4 is 4.74 Å². The Morgan fingerprint density at radius 2 is 1.81 bits per heavy atom. The second-order valence-corrected chi connectivity index (χ2v) is 6.74. The average Bonchev–Trinajstić information content (AvgIpc) is 3.42. The normalized spacial score (nSPS) is 15.4. The van der Waals surface area contributed by atoms with E-state index in [0.717, 1.165) is 12.8 Å². The van der Waals surface area contributed by atoms with Gasteiger partial charge in [0.1, 0.15) is 11.6 Å². The van der Waals surface area contributed by atoms with Crippen LogP contribution in [0.1, 0.15) is 30.7 Å². The monoisotopic (exact) mass is 382 g/mol. The van der Waals surface area contributed by atoms with E-state index in [1.807, 2.05) is 0 Å². The van der Waals surface area contributed by atoms with E-state index in [1.54, 1.807) is 0 Å². The van der Waals surface area contributed by atoms with Crippen molar-refractivity contribution in [2.24, 2.45) is 5.92 Å². The van der Waals surface area contributed by atoms with Crippen molar-refractivity contribution in [3.8, 4) is 16.9 Å². The number of rotatable bonds is 7. The third kappa shape index (κ3) is 5.21. The lowest BCUT2D eigenvalue weighted by atomic mass is 9.90. The first-order valence-corrected chi connectivity index (χ1v) is 8.55. The fraction of sp³-hybridized carbons (Fsp3) is 0.350. The molecule has 3 nitrogen and oxygen atoms in total. The van der Waals surface area contributed by atoms with Crippen LogP contribution in [-0.4, -0.2) is 23.9 Å². The molecule has 7 heteroatoms. The average molecular weight is 382 g/mol. The second kappa shape index (κ2) is 7.58. The van der Waals surface area contributed by atoms with Crippen LogP contribution in [0.25, 0.3) is 11.1 Å². The highest BCUT2D eigenvalue weighted by atomic mass is 19.4. The van der Waals surface area contributed by atoms with E-state index in [-0.39, 0.29) is 5.75 Å². The second-order valence-electron chi connectivity index (χ2n) is 6.74. The lowest BCUT2D eigenvalue weighted by Crippen LogP contribution is -2.19. The van der Waals surface area contributed by atoms with Gasteiger partial charge in [0.05, 0.1) is 5.92 Å². The molecule has 0 saturated heterocycles. The molecule has 2 aromatic rings. The van der Waals surface area contributed by atoms with Crippen molar-refractivity contribution >= 4 is 5.97 Å². The van der Waals surface area contributed by atoms with E-state index in [1.165, 1.54) is 42.5 Å². The quantitative estimate of drug-likeness (QED) is 0.652. The Labute approximate surface area is 153 Å². The smallest absolute Gasteiger partial charge is 0.422 e. The first-order chi connectivity index (χ1) is 12.7. The van der Waals surface area contributed by atoms with Crippen LogP contribution in [0.4, 0.5) is 17.6 Å². The van der Waals surface area contributed by atoms with Crippen molar-refractivity contribution < 1.29 is 32.2 Å². The topological polar surface area (TPSA) is 46.5 Å². The standard InChI is InChI=1S/C20H18F4O3/c21-15-6-3-13(4-7-15)16-10-14(17(19(25)26)9-12-1-2-12)5-8-18(16)27-11-20(22,23)24/h3-8,10,12,17H,1-2,9,11H2,(H,25,26). The predicted molar refractivity (Wildman–Crippen MR) is 91.1 cm³/mol. The highest BCUT2D eigenvalue weighted by molar-refractivity contribution is 5.79. The minimum atomic E-state index is -4.51. The van der Waals surface area contributed by atoms with Crippen molar-refractivity contribution in [1.82, 2.24) is 0 Å². The molecule has 1 unspecified atom stereocenters. The van der Waals surface area contributed by atoms with Gasteiger partial charge < -0.3 is 9.84 Å². The fourth-order valence-corrected chi connectivity index (χ4v) is 2.97. The molecule has 0 amide bonds. The molecule has 27 heavy (non-hydrogen) atoms. The molecule has 1 atom stereocenters. The van der Waals surface area contributed by atoms with Crippen molar-refractivity contribution in [1.29, 1.82) is 0 Å². The summed E-state index contributed by atoms with van der Waals surface area (Å²) in [7, 11) is 0. The van der Waals surface area contributed by atoms with E-state index < -0.39 is 30.5 Å². The van der Waals surface area contributed by atoms with Gasteiger partial charge in [-0.3, -0.25) is 4.79 Å². The van der Waals surface area contributed by atoms with Crippen molar-refractivity contribution in [2.75, 3.05) is 6.61 Å². The highest BCUT2D eigenvalue weighted by Crippen LogP contribution is 2.41. The minimum Gasteiger partial charge on any atom is -0.483 e. The summed E-state index contributed by atoms with van der Waals surface area (Å²) in [5, 5.41) is 9.55. The number of carbonyl (C=O) groups is 1. The maximum Gasteiger partial charge on any atom is 0.422 e. The van der Waals surface area contributed by atoms with Crippen molar-refractivity contribution in [3.05, 3.63) is 53.8 Å². The van der Waals surface area contributed by atoms with Gasteiger partial charge in [0.15, 0.2) is 6.61 Å². The van der Waals surface area contributed by atoms with Crippen LogP contribution in [0.3, 0.4) is 0 Å². The van der Waals surface area contributed by atoms with Gasteiger partial charge in [-0.2, -0.15) is 13.2 Å². The van der Waals surface area contributed by atoms with E-state index >= 15 is 0 Å². The number of hydrogen-bond donors (Lipinski definition) is 1. The Balaban J connectivity index is 1.98. The highest BCUT2D eigenvalue weighted by Gasteiger charge is 2.32. The first-order valence-electron chi connectivity index (χ1n) is 8.55. The number of hydrogen-bond acceptors (Lipinski definition) is 2. The molecule has 1 saturated carbocycles. The zero-order valence-corrected chi connectivity index (χ0v) is 14.3. The summed E-state index contributed by atoms with van der Waals surface area (Å²) < 4.78 is 55.7. The third-order valence-corrected chi connectivity index (χ3v) is 4.52. The maximum absolute atomic E-state index is 13.2. The maximum atomic E-state index is 13.2. The number of alkyl halides is 3. The number of carboxylic acid groups (broad SMARTS) is 1. The molecule has 2 aromatic carbocycles. The number of ether oxygens (including phenoxy) is 1. The summed E-state index contributed by atoms with van der Waals surface area (Å²) in [6.07, 6.45) is -2.04. The minimum absolute atomic E-state index is 0.0294. The molecule has 1 N–H and O–H groups in total. The molecule has 1 aliphatic carbocycles. The van der Waals surface area contributed by atoms with Gasteiger partial charge in [0.2, 0.25) is 0 Å². The van der Waals surface area contributed by atoms with Gasteiger partial charge >= 0.3 is 12.1 Å². The van der Waals surface area contributed by atoms with Gasteiger partial charge in [-0.1, -0.05) is 31.0 Å². The predicted octanol–water partition coefficient (Wildman–Crippen LogP) is 5.40. The SMILES string of the molecule is O=C(O)C(CC1CC1)c1ccc(OCC(F)(F)F)c(-c2ccc(F)cc2)c1. The molecule has 0 heterocycles. The fourth-order valence-electron chi connectivity index (χ4n) is 2.97. The third-order valence-electron chi connectivity index (χ3n) is 4.52. The molecule has 0 radical (unpaired) electrons. The van der Waals surface area contributed by atoms with Crippen molar-refractivity contribution in [3.63, 3.8) is 0 Å². The summed E-state index contributed by atoms with van der Waals surface area (Å²) in [4.78, 5) is 11.7. The van der Waals surface area contributed by atoms with Crippen molar-refractivity contribution in [2.45, 2.75) is 31.4 Å². The molecule has 144 valence electrons. The van der Waals surface area contributed by atoms with Gasteiger partial charge in [-0.25, -0.2) is 4.39 Å². The summed E-state index contributed by atoms with van der Waals surface area (Å²) in [5.41, 5.74) is 1.25. The molecule has 0 bridgehead atoms. The Bertz CT molecular complexity index is 811. The molecule has 1 fully saturated rings. The number of carboxylic acids is 1. The summed E-state index contributed by atoms with van der Waals surface area (Å²) >= 11 is 0. The summed E-state index contributed by atoms with van der Waals surface area (Å²) in [6.45, 7) is -1.47. The van der Waals surface area contributed by atoms with E-state index in [0.29, 0.717) is 29.0 Å². The van der Waals surface area contributed by atoms with Crippen LogP contribution in [0.2, 0.25) is 0 Å². The van der Waals surface area contributed by atoms with Gasteiger partial charge in [-0.15, -0.1) is 0 Å². The lowest BCUT2D eigenvalue weighted by Gasteiger charge is -2.18. The van der Waals surface area contributed by atoms with Crippen LogP contribution in [0.15, 0.2) is 42.5 Å². The van der Waals surface area contributed by atoms with E-state index in [2.05, 4.69) is 0 Å². The van der Waals surface area contributed by atoms with E-state index in [9.17, 15) is 27.5 Å². The van der Waals surface area contributed by atoms with Gasteiger partial charge in [0, 0.05) is 5.56 Å². The zero-order valence-electron chi connectivity index (χ0n) is 14.3. The Morgan fingerprint density at radius 1 is 1.15 bits per heavy atom. The molecule has 1 aliphatic rings. The molecule has 0 aromatic heterocycles. The molecular weight excluding hydrogens is 364 g/mol. The number of benzene rings is 2. The zero-order chi connectivity index (χ0) is 19.6. The summed E-state index contributed by atoms with van der Waals surface area (Å²) in [6, 6.07) is 9.59. The largest absolute Gasteiger partial charge is 0.483 e. The molecule has 0 aliphatic heterocycles. The molecular formula is C20H18F4O3. The van der Waals surface area contributed by atoms with Crippen LogP contribution in [0, 0.1) is 11.7 Å². The van der Waals surface area contributed by atoms with Gasteiger partial charge in [0.25, 0.3) is 0 Å². The van der Waals surface area contributed by atoms with Gasteiger partial charge in [-0.05, 0) is 47.7 Å². The Morgan fingerprint density at radius 3 is 2.37 bits per heavy atom. The number of aliphatic carboxylic acids is 1. The molecule has 0 spiro atoms. The van der Waals surface area contributed by atoms with Crippen LogP contribution in [-0.2, 0) is 4.79 Å². The first kappa shape index (κ1) is 19.2. The van der Waals surface area contributed by atoms with Crippen LogP contribution in [0.5, 0.6) is 5.75 Å². The number of halogens is 4. The molecule has 3 rings (SSSR count). The van der Waals surface area contributed by atoms with Crippen LogP contribution >= 0.6 is 0 Å². The Kier molecular flexibility index (Phi) is 5.39.